The van der Waals surface area contributed by atoms with Crippen molar-refractivity contribution in [2.75, 3.05) is 20.4 Å². The Morgan fingerprint density at radius 2 is 1.44 bits per heavy atom. The van der Waals surface area contributed by atoms with Crippen LogP contribution in [0.2, 0.25) is 0 Å². The Balaban J connectivity index is 2.19. The molecule has 0 bridgehead atoms. The quantitative estimate of drug-likeness (QED) is 0.488. The second-order valence-corrected chi connectivity index (χ2v) is 8.29. The van der Waals surface area contributed by atoms with E-state index in [9.17, 15) is 14.2 Å². The van der Waals surface area contributed by atoms with Gasteiger partial charge in [0.05, 0.1) is 14.2 Å². The lowest BCUT2D eigenvalue weighted by Crippen LogP contribution is -2.08. The molecule has 1 atom stereocenters. The molecule has 1 unspecified atom stereocenters. The van der Waals surface area contributed by atoms with E-state index in [1.54, 1.807) is 12.1 Å². The third-order valence-corrected chi connectivity index (χ3v) is 5.93. The molecule has 6 heteroatoms. The van der Waals surface area contributed by atoms with Gasteiger partial charge in [0, 0.05) is 18.1 Å². The topological polar surface area (TPSA) is 69.7 Å². The Morgan fingerprint density at radius 1 is 0.926 bits per heavy atom. The van der Waals surface area contributed by atoms with Crippen LogP contribution in [-0.4, -0.2) is 31.7 Å². The average molecular weight is 388 g/mol. The normalized spacial score (nSPS) is 11.7. The van der Waals surface area contributed by atoms with E-state index >= 15 is 0 Å². The zero-order valence-electron chi connectivity index (χ0n) is 16.3. The molecule has 2 aromatic carbocycles. The number of rotatable bonds is 8. The molecular weight excluding hydrogens is 363 g/mol. The molecule has 0 saturated heterocycles. The third kappa shape index (κ3) is 4.67. The first kappa shape index (κ1) is 20.9. The number of Topliss-reactive ketones (excluding diaryl/α,β-unsaturated/α-hetero) is 1. The third-order valence-electron chi connectivity index (χ3n) is 4.47. The molecule has 0 fully saturated rings. The predicted octanol–water partition coefficient (Wildman–Crippen LogP) is 4.60. The summed E-state index contributed by atoms with van der Waals surface area (Å²) in [6.45, 7) is 5.52. The second kappa shape index (κ2) is 9.01. The minimum atomic E-state index is -2.60. The van der Waals surface area contributed by atoms with Gasteiger partial charge in [-0.1, -0.05) is 18.2 Å². The zero-order chi connectivity index (χ0) is 20.1. The monoisotopic (exact) mass is 388 g/mol. The van der Waals surface area contributed by atoms with Crippen molar-refractivity contribution in [3.05, 3.63) is 58.1 Å². The van der Waals surface area contributed by atoms with Crippen molar-refractivity contribution in [3.8, 4) is 11.5 Å². The number of hydrogen-bond acceptors (Lipinski definition) is 5. The molecule has 0 aliphatic rings. The first-order valence-corrected chi connectivity index (χ1v) is 10.3. The minimum Gasteiger partial charge on any atom is -0.496 e. The highest BCUT2D eigenvalue weighted by molar-refractivity contribution is 7.64. The van der Waals surface area contributed by atoms with Crippen molar-refractivity contribution in [1.82, 2.24) is 0 Å². The van der Waals surface area contributed by atoms with Crippen molar-refractivity contribution in [2.45, 2.75) is 27.2 Å². The Bertz CT molecular complexity index is 856. The van der Waals surface area contributed by atoms with Crippen LogP contribution in [0.1, 0.15) is 43.8 Å². The molecule has 0 amide bonds. The first-order chi connectivity index (χ1) is 12.8. The number of carbonyl (C=O) groups excluding carboxylic acids is 2. The molecule has 0 radical (unpaired) electrons. The summed E-state index contributed by atoms with van der Waals surface area (Å²) in [6, 6.07) is 9.00. The molecule has 2 rings (SSSR count). The minimum absolute atomic E-state index is 0.00968. The lowest BCUT2D eigenvalue weighted by molar-refractivity contribution is 0.0983. The van der Waals surface area contributed by atoms with Crippen LogP contribution in [0, 0.1) is 20.8 Å². The number of benzene rings is 2. The van der Waals surface area contributed by atoms with E-state index in [1.165, 1.54) is 14.2 Å². The summed E-state index contributed by atoms with van der Waals surface area (Å²) in [5.74, 6) is 0.576. The molecule has 0 aliphatic heterocycles. The average Bonchev–Trinajstić information content (AvgIpc) is 2.64. The summed E-state index contributed by atoms with van der Waals surface area (Å²) >= 11 is 0. The lowest BCUT2D eigenvalue weighted by atomic mass is 10.0. The Hall–Kier alpha value is -2.39. The van der Waals surface area contributed by atoms with Gasteiger partial charge in [-0.2, -0.15) is 0 Å². The van der Waals surface area contributed by atoms with Gasteiger partial charge in [0.25, 0.3) is 0 Å². The molecule has 27 heavy (non-hydrogen) atoms. The number of carbonyl (C=O) groups is 2. The van der Waals surface area contributed by atoms with E-state index in [1.807, 2.05) is 39.0 Å². The van der Waals surface area contributed by atoms with Crippen LogP contribution in [0.15, 0.2) is 30.3 Å². The van der Waals surface area contributed by atoms with Gasteiger partial charge in [0.2, 0.25) is 5.52 Å². The van der Waals surface area contributed by atoms with Gasteiger partial charge in [-0.25, -0.2) is 0 Å². The molecular formula is C21H25O5P. The van der Waals surface area contributed by atoms with E-state index in [0.717, 1.165) is 16.7 Å². The Kier molecular flexibility index (Phi) is 6.98. The van der Waals surface area contributed by atoms with E-state index in [-0.39, 0.29) is 23.9 Å². The second-order valence-electron chi connectivity index (χ2n) is 6.49. The summed E-state index contributed by atoms with van der Waals surface area (Å²) in [7, 11) is 0.365. The largest absolute Gasteiger partial charge is 0.496 e. The number of ketones is 1. The summed E-state index contributed by atoms with van der Waals surface area (Å²) in [6.07, 6.45) is 0.0144. The predicted molar refractivity (Wildman–Crippen MR) is 107 cm³/mol. The molecule has 0 saturated carbocycles. The van der Waals surface area contributed by atoms with Gasteiger partial charge in [0.1, 0.15) is 24.9 Å². The highest BCUT2D eigenvalue weighted by Gasteiger charge is 2.23. The van der Waals surface area contributed by atoms with Gasteiger partial charge < -0.3 is 14.0 Å². The van der Waals surface area contributed by atoms with Gasteiger partial charge in [-0.3, -0.25) is 9.59 Å². The van der Waals surface area contributed by atoms with Crippen LogP contribution in [-0.2, 0) is 4.57 Å². The van der Waals surface area contributed by atoms with Crippen LogP contribution in [0.4, 0.5) is 0 Å². The summed E-state index contributed by atoms with van der Waals surface area (Å²) < 4.78 is 23.2. The molecule has 0 heterocycles. The molecule has 5 nitrogen and oxygen atoms in total. The van der Waals surface area contributed by atoms with Crippen molar-refractivity contribution in [2.24, 2.45) is 0 Å². The van der Waals surface area contributed by atoms with Gasteiger partial charge in [-0.15, -0.1) is 0 Å². The standard InChI is InChI=1S/C21H25O5P/c1-13-11-17(25-4)20(18(12-13)26-5)16(22)9-10-27(24)21(23)19-14(2)7-6-8-15(19)3/h6-8,11-12,27H,9-10H2,1-5H3. The van der Waals surface area contributed by atoms with Crippen LogP contribution in [0.3, 0.4) is 0 Å². The summed E-state index contributed by atoms with van der Waals surface area (Å²) in [5, 5.41) is 0. The SMILES string of the molecule is COc1cc(C)cc(OC)c1C(=O)CC[PH](=O)C(=O)c1c(C)cccc1C. The molecule has 0 aliphatic carbocycles. The molecule has 0 aromatic heterocycles. The van der Waals surface area contributed by atoms with Crippen LogP contribution in [0.5, 0.6) is 11.5 Å². The Morgan fingerprint density at radius 3 is 1.93 bits per heavy atom. The lowest BCUT2D eigenvalue weighted by Gasteiger charge is -2.13. The molecule has 0 N–H and O–H groups in total. The highest BCUT2D eigenvalue weighted by atomic mass is 31.1. The smallest absolute Gasteiger partial charge is 0.219 e. The van der Waals surface area contributed by atoms with Gasteiger partial charge in [-0.05, 0) is 49.6 Å². The number of hydrogen-bond donors (Lipinski definition) is 0. The van der Waals surface area contributed by atoms with Crippen LogP contribution in [0.25, 0.3) is 0 Å². The van der Waals surface area contributed by atoms with Crippen molar-refractivity contribution >= 4 is 19.1 Å². The number of aryl methyl sites for hydroxylation is 3. The highest BCUT2D eigenvalue weighted by Crippen LogP contribution is 2.35. The van der Waals surface area contributed by atoms with Crippen LogP contribution < -0.4 is 9.47 Å². The Labute approximate surface area is 160 Å². The summed E-state index contributed by atoms with van der Waals surface area (Å²) in [4.78, 5) is 25.3. The fourth-order valence-corrected chi connectivity index (χ4v) is 4.45. The van der Waals surface area contributed by atoms with Crippen molar-refractivity contribution < 1.29 is 23.6 Å². The fraction of sp³-hybridized carbons (Fsp3) is 0.333. The van der Waals surface area contributed by atoms with E-state index in [2.05, 4.69) is 0 Å². The van der Waals surface area contributed by atoms with E-state index in [4.69, 9.17) is 9.47 Å². The van der Waals surface area contributed by atoms with Gasteiger partial charge in [0.15, 0.2) is 5.78 Å². The maximum Gasteiger partial charge on any atom is 0.219 e. The number of methoxy groups -OCH3 is 2. The zero-order valence-corrected chi connectivity index (χ0v) is 17.3. The first-order valence-electron chi connectivity index (χ1n) is 8.69. The molecule has 0 spiro atoms. The van der Waals surface area contributed by atoms with Crippen molar-refractivity contribution in [1.29, 1.82) is 0 Å². The van der Waals surface area contributed by atoms with Crippen LogP contribution >= 0.6 is 7.80 Å². The maximum atomic E-state index is 12.7. The van der Waals surface area contributed by atoms with Gasteiger partial charge >= 0.3 is 0 Å². The molecule has 2 aromatic rings. The fourth-order valence-electron chi connectivity index (χ4n) is 3.10. The van der Waals surface area contributed by atoms with E-state index < -0.39 is 7.80 Å². The number of ether oxygens (including phenoxy) is 2. The summed E-state index contributed by atoms with van der Waals surface area (Å²) in [5.41, 5.74) is 2.95. The maximum absolute atomic E-state index is 12.7. The van der Waals surface area contributed by atoms with Crippen molar-refractivity contribution in [3.63, 3.8) is 0 Å². The van der Waals surface area contributed by atoms with E-state index in [0.29, 0.717) is 22.6 Å². The molecule has 144 valence electrons.